The van der Waals surface area contributed by atoms with Crippen LogP contribution in [0.3, 0.4) is 0 Å². The Hall–Kier alpha value is -0.750. The first-order valence-electron chi connectivity index (χ1n) is 12.4. The highest BCUT2D eigenvalue weighted by molar-refractivity contribution is 7.80. The number of aliphatic carboxylic acids is 1. The quantitative estimate of drug-likeness (QED) is 0.178. The minimum atomic E-state index is -1.23. The van der Waals surface area contributed by atoms with Crippen LogP contribution in [0.1, 0.15) is 109 Å². The van der Waals surface area contributed by atoms with E-state index in [0.717, 1.165) is 19.3 Å². The summed E-state index contributed by atoms with van der Waals surface area (Å²) >= 11 is 4.01. The van der Waals surface area contributed by atoms with E-state index >= 15 is 0 Å². The number of nitrogens with one attached hydrogen (secondary N) is 2. The molecule has 0 aliphatic carbocycles. The molecule has 0 aliphatic rings. The average Bonchev–Trinajstić information content (AvgIpc) is 2.69. The summed E-state index contributed by atoms with van der Waals surface area (Å²) in [5.74, 6) is -1.01. The Morgan fingerprint density at radius 1 is 0.767 bits per heavy atom. The van der Waals surface area contributed by atoms with Crippen LogP contribution in [0, 0.1) is 0 Å². The topological polar surface area (TPSA) is 73.7 Å². The van der Waals surface area contributed by atoms with Gasteiger partial charge in [-0.3, -0.25) is 4.79 Å². The maximum atomic E-state index is 11.8. The third-order valence-electron chi connectivity index (χ3n) is 5.62. The minimum Gasteiger partial charge on any atom is -0.548 e. The van der Waals surface area contributed by atoms with Crippen molar-refractivity contribution in [3.05, 3.63) is 0 Å². The summed E-state index contributed by atoms with van der Waals surface area (Å²) in [5, 5.41) is 13.4. The van der Waals surface area contributed by atoms with Gasteiger partial charge < -0.3 is 20.1 Å². The van der Waals surface area contributed by atoms with Crippen LogP contribution in [0.25, 0.3) is 0 Å². The largest absolute Gasteiger partial charge is 0.548 e. The van der Waals surface area contributed by atoms with E-state index in [4.69, 9.17) is 0 Å². The van der Waals surface area contributed by atoms with Crippen molar-refractivity contribution < 1.29 is 19.6 Å². The highest BCUT2D eigenvalue weighted by Crippen LogP contribution is 2.13. The third kappa shape index (κ3) is 20.5. The smallest absolute Gasteiger partial charge is 0.220 e. The Kier molecular flexibility index (Phi) is 20.9. The summed E-state index contributed by atoms with van der Waals surface area (Å²) in [4.78, 5) is 24.2. The zero-order valence-electron chi connectivity index (χ0n) is 19.7. The molecular formula is C24H48N2O3S. The van der Waals surface area contributed by atoms with E-state index < -0.39 is 12.0 Å². The van der Waals surface area contributed by atoms with Gasteiger partial charge in [0.1, 0.15) is 0 Å². The van der Waals surface area contributed by atoms with Crippen molar-refractivity contribution in [1.82, 2.24) is 5.32 Å². The number of thiol groups is 1. The lowest BCUT2D eigenvalue weighted by molar-refractivity contribution is -0.858. The van der Waals surface area contributed by atoms with Gasteiger partial charge >= 0.3 is 0 Å². The first kappa shape index (κ1) is 29.2. The number of hydrogen-bond acceptors (Lipinski definition) is 4. The Balaban J connectivity index is 3.29. The zero-order chi connectivity index (χ0) is 22.5. The molecule has 2 N–H and O–H groups in total. The molecule has 1 atom stereocenters. The van der Waals surface area contributed by atoms with Crippen LogP contribution >= 0.6 is 12.6 Å². The van der Waals surface area contributed by atoms with E-state index in [2.05, 4.69) is 32.0 Å². The maximum absolute atomic E-state index is 11.8. The molecule has 0 heterocycles. The molecule has 0 aromatic rings. The van der Waals surface area contributed by atoms with Crippen LogP contribution in [0.5, 0.6) is 0 Å². The first-order valence-corrected chi connectivity index (χ1v) is 13.0. The van der Waals surface area contributed by atoms with Gasteiger partial charge in [-0.15, -0.1) is 0 Å². The van der Waals surface area contributed by atoms with Crippen molar-refractivity contribution in [3.63, 3.8) is 0 Å². The van der Waals surface area contributed by atoms with Crippen LogP contribution in [-0.2, 0) is 9.59 Å². The molecule has 1 unspecified atom stereocenters. The molecule has 0 aromatic heterocycles. The number of hydrogen-bond donors (Lipinski definition) is 3. The predicted octanol–water partition coefficient (Wildman–Crippen LogP) is 2.93. The van der Waals surface area contributed by atoms with E-state index in [9.17, 15) is 14.7 Å². The van der Waals surface area contributed by atoms with Crippen molar-refractivity contribution in [2.45, 2.75) is 115 Å². The molecule has 1 amide bonds. The molecule has 0 radical (unpaired) electrons. The van der Waals surface area contributed by atoms with Crippen molar-refractivity contribution >= 4 is 24.5 Å². The number of carboxylic acid groups (broad SMARTS) is 1. The van der Waals surface area contributed by atoms with Gasteiger partial charge in [-0.1, -0.05) is 77.0 Å². The minimum absolute atomic E-state index is 0.194. The maximum Gasteiger partial charge on any atom is 0.220 e. The molecule has 0 saturated carbocycles. The number of unbranched alkanes of at least 4 members (excludes halogenated alkanes) is 14. The normalized spacial score (nSPS) is 12.3. The third-order valence-corrected chi connectivity index (χ3v) is 5.88. The SMILES string of the molecule is C[NH+](C)CCCCCCCCCCCCCCCCCC(=O)NC(CCS)C(=O)[O-]. The molecule has 0 saturated heterocycles. The Morgan fingerprint density at radius 3 is 1.53 bits per heavy atom. The Bertz CT molecular complexity index is 419. The fourth-order valence-corrected chi connectivity index (χ4v) is 3.96. The molecule has 0 bridgehead atoms. The Labute approximate surface area is 191 Å². The number of carbonyl (C=O) groups excluding carboxylic acids is 2. The lowest BCUT2D eigenvalue weighted by atomic mass is 10.0. The number of quaternary nitrogens is 1. The van der Waals surface area contributed by atoms with Gasteiger partial charge in [-0.2, -0.15) is 12.6 Å². The van der Waals surface area contributed by atoms with Crippen molar-refractivity contribution in [2.24, 2.45) is 0 Å². The summed E-state index contributed by atoms with van der Waals surface area (Å²) in [5.41, 5.74) is 0. The fraction of sp³-hybridized carbons (Fsp3) is 0.917. The predicted molar refractivity (Wildman–Crippen MR) is 127 cm³/mol. The zero-order valence-corrected chi connectivity index (χ0v) is 20.6. The summed E-state index contributed by atoms with van der Waals surface area (Å²) in [6.45, 7) is 1.30. The summed E-state index contributed by atoms with van der Waals surface area (Å²) < 4.78 is 0. The van der Waals surface area contributed by atoms with Crippen molar-refractivity contribution in [1.29, 1.82) is 0 Å². The lowest BCUT2D eigenvalue weighted by Gasteiger charge is -2.18. The van der Waals surface area contributed by atoms with E-state index in [-0.39, 0.29) is 5.91 Å². The first-order chi connectivity index (χ1) is 14.5. The molecule has 0 aromatic carbocycles. The second-order valence-electron chi connectivity index (χ2n) is 8.96. The molecule has 0 rings (SSSR count). The van der Waals surface area contributed by atoms with Crippen LogP contribution in [-0.4, -0.2) is 44.3 Å². The monoisotopic (exact) mass is 444 g/mol. The molecule has 5 nitrogen and oxygen atoms in total. The second-order valence-corrected chi connectivity index (χ2v) is 9.41. The standard InChI is InChI=1S/C24H48N2O3S/c1-26(2)20-17-15-13-11-9-7-5-3-4-6-8-10-12-14-16-18-23(27)25-22(19-21-30)24(28)29/h22,30H,3-21H2,1-2H3,(H,25,27)(H,28,29). The van der Waals surface area contributed by atoms with Gasteiger partial charge in [-0.25, -0.2) is 0 Å². The Morgan fingerprint density at radius 2 is 1.17 bits per heavy atom. The summed E-state index contributed by atoms with van der Waals surface area (Å²) in [7, 11) is 4.46. The van der Waals surface area contributed by atoms with Gasteiger partial charge in [0.2, 0.25) is 5.91 Å². The van der Waals surface area contributed by atoms with Crippen LogP contribution in [0.4, 0.5) is 0 Å². The molecule has 178 valence electrons. The number of rotatable bonds is 22. The van der Waals surface area contributed by atoms with Gasteiger partial charge in [-0.05, 0) is 31.4 Å². The number of carbonyl (C=O) groups is 2. The lowest BCUT2D eigenvalue weighted by Crippen LogP contribution is -3.05. The van der Waals surface area contributed by atoms with Gasteiger partial charge in [0, 0.05) is 6.42 Å². The van der Waals surface area contributed by atoms with Crippen molar-refractivity contribution in [2.75, 3.05) is 26.4 Å². The molecule has 6 heteroatoms. The fourth-order valence-electron chi connectivity index (χ4n) is 3.71. The van der Waals surface area contributed by atoms with Crippen LogP contribution in [0.2, 0.25) is 0 Å². The molecule has 0 fully saturated rings. The van der Waals surface area contributed by atoms with Gasteiger partial charge in [0.25, 0.3) is 0 Å². The van der Waals surface area contributed by atoms with E-state index in [1.54, 1.807) is 4.90 Å². The number of carboxylic acids is 1. The van der Waals surface area contributed by atoms with E-state index in [1.165, 1.54) is 83.6 Å². The van der Waals surface area contributed by atoms with Crippen LogP contribution in [0.15, 0.2) is 0 Å². The van der Waals surface area contributed by atoms with Crippen molar-refractivity contribution in [3.8, 4) is 0 Å². The summed E-state index contributed by atoms with van der Waals surface area (Å²) in [6.07, 6.45) is 20.0. The second kappa shape index (κ2) is 21.5. The average molecular weight is 445 g/mol. The molecule has 0 aliphatic heterocycles. The molecule has 0 spiro atoms. The van der Waals surface area contributed by atoms with Crippen LogP contribution < -0.4 is 15.3 Å². The van der Waals surface area contributed by atoms with Gasteiger partial charge in [0.05, 0.1) is 32.7 Å². The van der Waals surface area contributed by atoms with E-state index in [0.29, 0.717) is 18.6 Å². The molecular weight excluding hydrogens is 396 g/mol. The highest BCUT2D eigenvalue weighted by atomic mass is 32.1. The van der Waals surface area contributed by atoms with E-state index in [1.807, 2.05) is 0 Å². The highest BCUT2D eigenvalue weighted by Gasteiger charge is 2.12. The number of amides is 1. The summed E-state index contributed by atoms with van der Waals surface area (Å²) in [6, 6.07) is -0.913. The van der Waals surface area contributed by atoms with Gasteiger partial charge in [0.15, 0.2) is 0 Å². The molecule has 30 heavy (non-hydrogen) atoms.